The van der Waals surface area contributed by atoms with Crippen LogP contribution in [-0.2, 0) is 20.7 Å². The predicted molar refractivity (Wildman–Crippen MR) is 143 cm³/mol. The first-order valence-corrected chi connectivity index (χ1v) is 12.6. The third kappa shape index (κ3) is 8.40. The summed E-state index contributed by atoms with van der Waals surface area (Å²) in [4.78, 5) is 41.4. The van der Waals surface area contributed by atoms with Gasteiger partial charge in [0.25, 0.3) is 0 Å². The third-order valence-corrected chi connectivity index (χ3v) is 5.90. The molecule has 0 saturated carbocycles. The maximum absolute atomic E-state index is 13.9. The van der Waals surface area contributed by atoms with Crippen LogP contribution >= 0.6 is 0 Å². The molecule has 0 aliphatic heterocycles. The topological polar surface area (TPSA) is 87.7 Å². The van der Waals surface area contributed by atoms with Gasteiger partial charge in [0, 0.05) is 20.0 Å². The van der Waals surface area contributed by atoms with Crippen LogP contribution in [0.5, 0.6) is 0 Å². The Morgan fingerprint density at radius 1 is 0.972 bits per heavy atom. The van der Waals surface area contributed by atoms with E-state index in [0.717, 1.165) is 35.1 Å². The van der Waals surface area contributed by atoms with Gasteiger partial charge in [-0.15, -0.1) is 0 Å². The molecule has 2 aromatic rings. The maximum atomic E-state index is 13.9. The standard InChI is InChI=1S/C29H41N3O4/c1-8-9-18-30-26(33)25(24-20(2)14-13-15-21(24)3)32(7)27(34)23(19-22-16-11-10-12-17-22)31-28(35)36-29(4,5)6/h10-17,23,25H,8-9,18-19H2,1-7H3,(H,30,33)(H,31,35). The number of amides is 3. The number of nitrogens with zero attached hydrogens (tertiary/aromatic N) is 1. The van der Waals surface area contributed by atoms with Gasteiger partial charge in [-0.3, -0.25) is 9.59 Å². The number of nitrogens with one attached hydrogen (secondary N) is 2. The van der Waals surface area contributed by atoms with Gasteiger partial charge in [0.15, 0.2) is 0 Å². The highest BCUT2D eigenvalue weighted by Gasteiger charge is 2.35. The molecule has 0 spiro atoms. The lowest BCUT2D eigenvalue weighted by atomic mass is 9.93. The molecule has 3 amide bonds. The Bertz CT molecular complexity index is 1010. The van der Waals surface area contributed by atoms with E-state index in [1.807, 2.05) is 62.4 Å². The van der Waals surface area contributed by atoms with Gasteiger partial charge in [0.1, 0.15) is 17.7 Å². The van der Waals surface area contributed by atoms with Crippen molar-refractivity contribution in [2.75, 3.05) is 13.6 Å². The number of benzene rings is 2. The highest BCUT2D eigenvalue weighted by molar-refractivity contribution is 5.92. The molecule has 0 bridgehead atoms. The summed E-state index contributed by atoms with van der Waals surface area (Å²) in [5.74, 6) is -0.615. The molecule has 0 aromatic heterocycles. The average Bonchev–Trinajstić information content (AvgIpc) is 2.79. The van der Waals surface area contributed by atoms with Gasteiger partial charge in [0.2, 0.25) is 11.8 Å². The fraction of sp³-hybridized carbons (Fsp3) is 0.483. The zero-order chi connectivity index (χ0) is 26.9. The van der Waals surface area contributed by atoms with Gasteiger partial charge >= 0.3 is 6.09 Å². The number of rotatable bonds is 10. The predicted octanol–water partition coefficient (Wildman–Crippen LogP) is 4.86. The van der Waals surface area contributed by atoms with Crippen LogP contribution in [0.4, 0.5) is 4.79 Å². The minimum atomic E-state index is -0.914. The molecule has 7 nitrogen and oxygen atoms in total. The fourth-order valence-corrected chi connectivity index (χ4v) is 4.12. The minimum Gasteiger partial charge on any atom is -0.444 e. The van der Waals surface area contributed by atoms with E-state index in [9.17, 15) is 14.4 Å². The Hall–Kier alpha value is -3.35. The van der Waals surface area contributed by atoms with Crippen LogP contribution in [0, 0.1) is 13.8 Å². The summed E-state index contributed by atoms with van der Waals surface area (Å²) in [6.45, 7) is 11.8. The van der Waals surface area contributed by atoms with E-state index < -0.39 is 23.8 Å². The van der Waals surface area contributed by atoms with Crippen molar-refractivity contribution in [2.24, 2.45) is 0 Å². The number of hydrogen-bond donors (Lipinski definition) is 2. The maximum Gasteiger partial charge on any atom is 0.408 e. The first-order chi connectivity index (χ1) is 16.9. The van der Waals surface area contributed by atoms with E-state index in [1.165, 1.54) is 4.90 Å². The molecule has 0 heterocycles. The highest BCUT2D eigenvalue weighted by atomic mass is 16.6. The number of unbranched alkanes of at least 4 members (excludes halogenated alkanes) is 1. The second-order valence-corrected chi connectivity index (χ2v) is 10.2. The van der Waals surface area contributed by atoms with Crippen LogP contribution in [0.2, 0.25) is 0 Å². The van der Waals surface area contributed by atoms with Gasteiger partial charge < -0.3 is 20.3 Å². The summed E-state index contributed by atoms with van der Waals surface area (Å²) >= 11 is 0. The molecule has 2 aromatic carbocycles. The second-order valence-electron chi connectivity index (χ2n) is 10.2. The van der Waals surface area contributed by atoms with Gasteiger partial charge in [-0.1, -0.05) is 61.9 Å². The number of carbonyl (C=O) groups excluding carboxylic acids is 3. The van der Waals surface area contributed by atoms with Crippen molar-refractivity contribution in [3.63, 3.8) is 0 Å². The van der Waals surface area contributed by atoms with Gasteiger partial charge in [-0.25, -0.2) is 4.79 Å². The van der Waals surface area contributed by atoms with Crippen LogP contribution in [-0.4, -0.2) is 48.0 Å². The number of alkyl carbamates (subject to hydrolysis) is 1. The van der Waals surface area contributed by atoms with E-state index in [1.54, 1.807) is 27.8 Å². The summed E-state index contributed by atoms with van der Waals surface area (Å²) in [5.41, 5.74) is 2.81. The molecular formula is C29H41N3O4. The van der Waals surface area contributed by atoms with E-state index in [4.69, 9.17) is 4.74 Å². The quantitative estimate of drug-likeness (QED) is 0.461. The molecule has 36 heavy (non-hydrogen) atoms. The summed E-state index contributed by atoms with van der Waals surface area (Å²) in [7, 11) is 1.62. The molecule has 196 valence electrons. The summed E-state index contributed by atoms with van der Waals surface area (Å²) < 4.78 is 5.43. The van der Waals surface area contributed by atoms with Crippen LogP contribution in [0.3, 0.4) is 0 Å². The van der Waals surface area contributed by atoms with E-state index >= 15 is 0 Å². The molecule has 0 saturated heterocycles. The number of likely N-dealkylation sites (N-methyl/N-ethyl adjacent to an activating group) is 1. The second kappa shape index (κ2) is 13.1. The van der Waals surface area contributed by atoms with Crippen molar-refractivity contribution in [1.29, 1.82) is 0 Å². The minimum absolute atomic E-state index is 0.243. The number of carbonyl (C=O) groups is 3. The van der Waals surface area contributed by atoms with Gasteiger partial charge in [-0.2, -0.15) is 0 Å². The Morgan fingerprint density at radius 3 is 2.14 bits per heavy atom. The molecule has 0 fully saturated rings. The Morgan fingerprint density at radius 2 is 1.58 bits per heavy atom. The first kappa shape index (κ1) is 28.9. The lowest BCUT2D eigenvalue weighted by Gasteiger charge is -2.33. The molecule has 2 N–H and O–H groups in total. The molecular weight excluding hydrogens is 454 g/mol. The summed E-state index contributed by atoms with van der Waals surface area (Å²) in [5, 5.41) is 5.73. The molecule has 2 atom stereocenters. The summed E-state index contributed by atoms with van der Waals surface area (Å²) in [6, 6.07) is 13.5. The smallest absolute Gasteiger partial charge is 0.408 e. The van der Waals surface area contributed by atoms with Crippen LogP contribution in [0.25, 0.3) is 0 Å². The molecule has 7 heteroatoms. The zero-order valence-electron chi connectivity index (χ0n) is 22.7. The van der Waals surface area contributed by atoms with Crippen LogP contribution < -0.4 is 10.6 Å². The molecule has 2 rings (SSSR count). The molecule has 0 aliphatic rings. The SMILES string of the molecule is CCCCNC(=O)C(c1c(C)cccc1C)N(C)C(=O)C(Cc1ccccc1)NC(=O)OC(C)(C)C. The summed E-state index contributed by atoms with van der Waals surface area (Å²) in [6.07, 6.45) is 1.38. The monoisotopic (exact) mass is 495 g/mol. The van der Waals surface area contributed by atoms with Crippen LogP contribution in [0.15, 0.2) is 48.5 Å². The first-order valence-electron chi connectivity index (χ1n) is 12.6. The highest BCUT2D eigenvalue weighted by Crippen LogP contribution is 2.28. The lowest BCUT2D eigenvalue weighted by Crippen LogP contribution is -2.52. The number of hydrogen-bond acceptors (Lipinski definition) is 4. The van der Waals surface area contributed by atoms with E-state index in [-0.39, 0.29) is 18.2 Å². The lowest BCUT2D eigenvalue weighted by molar-refractivity contribution is -0.140. The van der Waals surface area contributed by atoms with Crippen molar-refractivity contribution in [2.45, 2.75) is 78.5 Å². The number of ether oxygens (including phenoxy) is 1. The zero-order valence-corrected chi connectivity index (χ0v) is 22.7. The van der Waals surface area contributed by atoms with Crippen molar-refractivity contribution in [1.82, 2.24) is 15.5 Å². The largest absolute Gasteiger partial charge is 0.444 e. The Balaban J connectivity index is 2.43. The van der Waals surface area contributed by atoms with E-state index in [0.29, 0.717) is 6.54 Å². The third-order valence-electron chi connectivity index (χ3n) is 5.90. The Kier molecular flexibility index (Phi) is 10.5. The van der Waals surface area contributed by atoms with E-state index in [2.05, 4.69) is 17.6 Å². The van der Waals surface area contributed by atoms with Crippen LogP contribution in [0.1, 0.15) is 68.8 Å². The van der Waals surface area contributed by atoms with Gasteiger partial charge in [0.05, 0.1) is 0 Å². The number of aryl methyl sites for hydroxylation is 2. The van der Waals surface area contributed by atoms with Crippen molar-refractivity contribution < 1.29 is 19.1 Å². The van der Waals surface area contributed by atoms with Crippen molar-refractivity contribution >= 4 is 17.9 Å². The molecule has 0 aliphatic carbocycles. The average molecular weight is 496 g/mol. The van der Waals surface area contributed by atoms with Crippen molar-refractivity contribution in [3.8, 4) is 0 Å². The molecule has 2 unspecified atom stereocenters. The van der Waals surface area contributed by atoms with Crippen molar-refractivity contribution in [3.05, 3.63) is 70.8 Å². The fourth-order valence-electron chi connectivity index (χ4n) is 4.12. The Labute approximate surface area is 215 Å². The van der Waals surface area contributed by atoms with Gasteiger partial charge in [-0.05, 0) is 63.3 Å². The normalized spacial score (nSPS) is 12.9. The molecule has 0 radical (unpaired) electrons.